The van der Waals surface area contributed by atoms with Crippen molar-refractivity contribution < 1.29 is 9.32 Å². The molecular weight excluding hydrogens is 396 g/mol. The van der Waals surface area contributed by atoms with Crippen molar-refractivity contribution in [3.8, 4) is 16.9 Å². The Balaban J connectivity index is 1.61. The monoisotopic (exact) mass is 418 g/mol. The third-order valence-electron chi connectivity index (χ3n) is 4.60. The van der Waals surface area contributed by atoms with Crippen LogP contribution in [0.25, 0.3) is 16.9 Å². The van der Waals surface area contributed by atoms with Crippen molar-refractivity contribution in [1.82, 2.24) is 14.7 Å². The summed E-state index contributed by atoms with van der Waals surface area (Å²) in [6.45, 7) is 5.91. The van der Waals surface area contributed by atoms with Crippen LogP contribution >= 0.6 is 11.8 Å². The van der Waals surface area contributed by atoms with Gasteiger partial charge in [-0.15, -0.1) is 0 Å². The summed E-state index contributed by atoms with van der Waals surface area (Å²) in [5.41, 5.74) is 5.45. The van der Waals surface area contributed by atoms with Crippen molar-refractivity contribution in [2.75, 3.05) is 11.1 Å². The summed E-state index contributed by atoms with van der Waals surface area (Å²) in [4.78, 5) is 17.0. The zero-order valence-electron chi connectivity index (χ0n) is 17.0. The summed E-state index contributed by atoms with van der Waals surface area (Å²) in [6.07, 6.45) is 1.85. The highest BCUT2D eigenvalue weighted by Crippen LogP contribution is 2.30. The second kappa shape index (κ2) is 8.59. The van der Waals surface area contributed by atoms with E-state index in [1.807, 2.05) is 6.20 Å². The summed E-state index contributed by atoms with van der Waals surface area (Å²) < 4.78 is 7.07. The Bertz CT molecular complexity index is 1160. The molecular formula is C23H22N4O2S. The minimum atomic E-state index is -0.163. The quantitative estimate of drug-likeness (QED) is 0.437. The Morgan fingerprint density at radius 3 is 2.33 bits per heavy atom. The van der Waals surface area contributed by atoms with Crippen LogP contribution in [0.15, 0.2) is 70.5 Å². The smallest absolute Gasteiger partial charge is 0.236 e. The van der Waals surface area contributed by atoms with Crippen LogP contribution in [0.1, 0.15) is 16.9 Å². The van der Waals surface area contributed by atoms with Gasteiger partial charge in [0.05, 0.1) is 17.6 Å². The third-order valence-corrected chi connectivity index (χ3v) is 5.55. The van der Waals surface area contributed by atoms with Gasteiger partial charge in [0.15, 0.2) is 11.0 Å². The predicted molar refractivity (Wildman–Crippen MR) is 119 cm³/mol. The molecule has 0 radical (unpaired) electrons. The van der Waals surface area contributed by atoms with E-state index in [2.05, 4.69) is 82.4 Å². The number of imidazole rings is 1. The maximum Gasteiger partial charge on any atom is 0.236 e. The minimum absolute atomic E-state index is 0.163. The lowest BCUT2D eigenvalue weighted by atomic mass is 10.1. The normalized spacial score (nSPS) is 10.9. The molecule has 2 aromatic heterocycles. The first-order valence-corrected chi connectivity index (χ1v) is 10.6. The molecule has 0 aliphatic heterocycles. The molecule has 0 spiro atoms. The standard InChI is InChI=1S/C23H22N4O2S/c1-15-4-8-18(9-5-15)20-13-24-23(27(20)19-10-6-16(2)7-11-19)30-14-22(28)25-21-12-17(3)29-26-21/h4-13H,14H2,1-3H3,(H,25,26,28). The van der Waals surface area contributed by atoms with Crippen molar-refractivity contribution >= 4 is 23.5 Å². The van der Waals surface area contributed by atoms with Gasteiger partial charge in [-0.25, -0.2) is 4.98 Å². The zero-order chi connectivity index (χ0) is 21.1. The van der Waals surface area contributed by atoms with Crippen molar-refractivity contribution in [2.24, 2.45) is 0 Å². The number of carbonyl (C=O) groups excluding carboxylic acids is 1. The van der Waals surface area contributed by atoms with Gasteiger partial charge in [0.25, 0.3) is 0 Å². The second-order valence-corrected chi connectivity index (χ2v) is 8.07. The summed E-state index contributed by atoms with van der Waals surface area (Å²) in [5, 5.41) is 7.29. The number of anilines is 1. The molecule has 30 heavy (non-hydrogen) atoms. The molecule has 0 atom stereocenters. The molecule has 6 nitrogen and oxygen atoms in total. The Labute approximate surface area is 179 Å². The number of aryl methyl sites for hydroxylation is 3. The van der Waals surface area contributed by atoms with Crippen molar-refractivity contribution in [2.45, 2.75) is 25.9 Å². The summed E-state index contributed by atoms with van der Waals surface area (Å²) in [7, 11) is 0. The van der Waals surface area contributed by atoms with Gasteiger partial charge in [0.1, 0.15) is 5.76 Å². The van der Waals surface area contributed by atoms with Crippen LogP contribution in [0, 0.1) is 20.8 Å². The van der Waals surface area contributed by atoms with Crippen molar-refractivity contribution in [1.29, 1.82) is 0 Å². The van der Waals surface area contributed by atoms with Gasteiger partial charge in [-0.1, -0.05) is 64.4 Å². The number of nitrogens with one attached hydrogen (secondary N) is 1. The molecule has 0 unspecified atom stereocenters. The van der Waals surface area contributed by atoms with Crippen LogP contribution in [0.5, 0.6) is 0 Å². The molecule has 2 aromatic carbocycles. The van der Waals surface area contributed by atoms with E-state index in [0.29, 0.717) is 11.6 Å². The molecule has 1 amide bonds. The first kappa shape index (κ1) is 20.0. The SMILES string of the molecule is Cc1ccc(-c2cnc(SCC(=O)Nc3cc(C)on3)n2-c2ccc(C)cc2)cc1. The largest absolute Gasteiger partial charge is 0.360 e. The van der Waals surface area contributed by atoms with E-state index in [9.17, 15) is 4.79 Å². The molecule has 0 bridgehead atoms. The van der Waals surface area contributed by atoms with Crippen molar-refractivity contribution in [3.63, 3.8) is 0 Å². The number of rotatable bonds is 6. The first-order chi connectivity index (χ1) is 14.5. The van der Waals surface area contributed by atoms with Crippen LogP contribution in [0.2, 0.25) is 0 Å². The predicted octanol–water partition coefficient (Wildman–Crippen LogP) is 5.18. The molecule has 1 N–H and O–H groups in total. The fourth-order valence-electron chi connectivity index (χ4n) is 3.04. The molecule has 4 aromatic rings. The molecule has 0 aliphatic rings. The number of amides is 1. The van der Waals surface area contributed by atoms with Crippen LogP contribution in [-0.2, 0) is 4.79 Å². The lowest BCUT2D eigenvalue weighted by molar-refractivity contribution is -0.113. The van der Waals surface area contributed by atoms with Crippen molar-refractivity contribution in [3.05, 3.63) is 77.7 Å². The summed E-state index contributed by atoms with van der Waals surface area (Å²) in [5.74, 6) is 1.11. The second-order valence-electron chi connectivity index (χ2n) is 7.12. The number of hydrogen-bond acceptors (Lipinski definition) is 5. The van der Waals surface area contributed by atoms with E-state index < -0.39 is 0 Å². The summed E-state index contributed by atoms with van der Waals surface area (Å²) >= 11 is 1.38. The number of aromatic nitrogens is 3. The van der Waals surface area contributed by atoms with Crippen LogP contribution < -0.4 is 5.32 Å². The topological polar surface area (TPSA) is 73.0 Å². The van der Waals surface area contributed by atoms with E-state index in [1.54, 1.807) is 13.0 Å². The molecule has 0 saturated heterocycles. The molecule has 0 aliphatic carbocycles. The highest BCUT2D eigenvalue weighted by Gasteiger charge is 2.16. The van der Waals surface area contributed by atoms with Crippen LogP contribution in [-0.4, -0.2) is 26.4 Å². The van der Waals surface area contributed by atoms with E-state index in [1.165, 1.54) is 22.9 Å². The van der Waals surface area contributed by atoms with E-state index in [4.69, 9.17) is 4.52 Å². The maximum absolute atomic E-state index is 12.4. The van der Waals surface area contributed by atoms with E-state index >= 15 is 0 Å². The van der Waals surface area contributed by atoms with Gasteiger partial charge in [-0.3, -0.25) is 9.36 Å². The van der Waals surface area contributed by atoms with Gasteiger partial charge in [-0.2, -0.15) is 0 Å². The Kier molecular flexibility index (Phi) is 5.72. The number of thioether (sulfide) groups is 1. The summed E-state index contributed by atoms with van der Waals surface area (Å²) in [6, 6.07) is 18.3. The van der Waals surface area contributed by atoms with Gasteiger partial charge in [0, 0.05) is 17.3 Å². The van der Waals surface area contributed by atoms with E-state index in [0.717, 1.165) is 22.1 Å². The lowest BCUT2D eigenvalue weighted by Gasteiger charge is -2.12. The highest BCUT2D eigenvalue weighted by atomic mass is 32.2. The Morgan fingerprint density at radius 1 is 1.03 bits per heavy atom. The maximum atomic E-state index is 12.4. The van der Waals surface area contributed by atoms with Crippen LogP contribution in [0.4, 0.5) is 5.82 Å². The molecule has 152 valence electrons. The Hall–Kier alpha value is -3.32. The first-order valence-electron chi connectivity index (χ1n) is 9.57. The molecule has 0 saturated carbocycles. The average molecular weight is 419 g/mol. The number of benzene rings is 2. The number of nitrogens with zero attached hydrogens (tertiary/aromatic N) is 3. The molecule has 0 fully saturated rings. The Morgan fingerprint density at radius 2 is 1.70 bits per heavy atom. The fraction of sp³-hybridized carbons (Fsp3) is 0.174. The average Bonchev–Trinajstić information content (AvgIpc) is 3.34. The minimum Gasteiger partial charge on any atom is -0.360 e. The van der Waals surface area contributed by atoms with Crippen LogP contribution in [0.3, 0.4) is 0 Å². The number of hydrogen-bond donors (Lipinski definition) is 1. The van der Waals surface area contributed by atoms with Gasteiger partial charge in [0.2, 0.25) is 5.91 Å². The zero-order valence-corrected chi connectivity index (χ0v) is 17.9. The number of carbonyl (C=O) groups is 1. The van der Waals surface area contributed by atoms with Gasteiger partial charge < -0.3 is 9.84 Å². The van der Waals surface area contributed by atoms with Gasteiger partial charge >= 0.3 is 0 Å². The highest BCUT2D eigenvalue weighted by molar-refractivity contribution is 7.99. The molecule has 2 heterocycles. The third kappa shape index (κ3) is 4.46. The lowest BCUT2D eigenvalue weighted by Crippen LogP contribution is -2.14. The molecule has 7 heteroatoms. The van der Waals surface area contributed by atoms with Gasteiger partial charge in [-0.05, 0) is 32.9 Å². The fourth-order valence-corrected chi connectivity index (χ4v) is 3.83. The molecule has 4 rings (SSSR count). The van der Waals surface area contributed by atoms with E-state index in [-0.39, 0.29) is 11.7 Å².